The average molecular weight is 247 g/mol. The van der Waals surface area contributed by atoms with Gasteiger partial charge in [-0.25, -0.2) is 9.97 Å². The van der Waals surface area contributed by atoms with Crippen LogP contribution < -0.4 is 5.32 Å². The highest BCUT2D eigenvalue weighted by Crippen LogP contribution is 2.39. The van der Waals surface area contributed by atoms with E-state index in [0.717, 1.165) is 26.1 Å². The van der Waals surface area contributed by atoms with Gasteiger partial charge in [0.25, 0.3) is 0 Å². The molecule has 3 heterocycles. The third-order valence-corrected chi connectivity index (χ3v) is 4.36. The molecule has 2 saturated heterocycles. The van der Waals surface area contributed by atoms with Crippen LogP contribution in [0.25, 0.3) is 0 Å². The molecule has 4 nitrogen and oxygen atoms in total. The fourth-order valence-corrected chi connectivity index (χ4v) is 3.13. The molecule has 4 heteroatoms. The molecule has 1 N–H and O–H groups in total. The molecule has 2 aliphatic rings. The van der Waals surface area contributed by atoms with Crippen molar-refractivity contribution >= 4 is 0 Å². The number of ether oxygens (including phenoxy) is 1. The molecule has 0 bridgehead atoms. The normalized spacial score (nSPS) is 27.2. The highest BCUT2D eigenvalue weighted by Gasteiger charge is 2.36. The molecule has 0 saturated carbocycles. The molecule has 1 atom stereocenters. The van der Waals surface area contributed by atoms with E-state index < -0.39 is 0 Å². The van der Waals surface area contributed by atoms with Crippen molar-refractivity contribution in [2.24, 2.45) is 5.41 Å². The first-order chi connectivity index (χ1) is 8.86. The summed E-state index contributed by atoms with van der Waals surface area (Å²) in [7, 11) is 0. The molecule has 0 aliphatic carbocycles. The first kappa shape index (κ1) is 12.1. The van der Waals surface area contributed by atoms with Gasteiger partial charge < -0.3 is 10.1 Å². The van der Waals surface area contributed by atoms with Crippen LogP contribution in [0.3, 0.4) is 0 Å². The fourth-order valence-electron chi connectivity index (χ4n) is 3.13. The average Bonchev–Trinajstić information content (AvgIpc) is 2.44. The molecular formula is C14H21N3O. The van der Waals surface area contributed by atoms with E-state index in [9.17, 15) is 0 Å². The van der Waals surface area contributed by atoms with E-state index >= 15 is 0 Å². The molecule has 18 heavy (non-hydrogen) atoms. The summed E-state index contributed by atoms with van der Waals surface area (Å²) in [6, 6.07) is 0. The molecule has 1 aromatic heterocycles. The maximum Gasteiger partial charge on any atom is 0.115 e. The lowest BCUT2D eigenvalue weighted by molar-refractivity contribution is -0.0736. The largest absolute Gasteiger partial charge is 0.377 e. The van der Waals surface area contributed by atoms with Crippen LogP contribution in [0.5, 0.6) is 0 Å². The second-order valence-electron chi connectivity index (χ2n) is 5.67. The van der Waals surface area contributed by atoms with E-state index in [0.29, 0.717) is 11.5 Å². The molecule has 1 aromatic rings. The van der Waals surface area contributed by atoms with Crippen molar-refractivity contribution in [3.8, 4) is 0 Å². The Morgan fingerprint density at radius 3 is 2.67 bits per heavy atom. The number of hydrogen-bond donors (Lipinski definition) is 1. The number of piperidine rings is 1. The van der Waals surface area contributed by atoms with Crippen LogP contribution in [0.1, 0.15) is 31.2 Å². The highest BCUT2D eigenvalue weighted by molar-refractivity contribution is 5.04. The summed E-state index contributed by atoms with van der Waals surface area (Å²) in [5, 5.41) is 3.44. The van der Waals surface area contributed by atoms with Crippen LogP contribution in [0.15, 0.2) is 18.7 Å². The van der Waals surface area contributed by atoms with Gasteiger partial charge >= 0.3 is 0 Å². The first-order valence-corrected chi connectivity index (χ1v) is 6.93. The van der Waals surface area contributed by atoms with Gasteiger partial charge in [0.2, 0.25) is 0 Å². The van der Waals surface area contributed by atoms with Crippen LogP contribution in [0.4, 0.5) is 0 Å². The fraction of sp³-hybridized carbons (Fsp3) is 0.714. The molecule has 2 aliphatic heterocycles. The van der Waals surface area contributed by atoms with Crippen LogP contribution in [-0.2, 0) is 11.2 Å². The predicted octanol–water partition coefficient (Wildman–Crippen LogP) is 1.57. The second-order valence-corrected chi connectivity index (χ2v) is 5.67. The van der Waals surface area contributed by atoms with Crippen molar-refractivity contribution in [3.05, 3.63) is 24.3 Å². The lowest BCUT2D eigenvalue weighted by Crippen LogP contribution is -2.44. The van der Waals surface area contributed by atoms with Gasteiger partial charge in [-0.05, 0) is 49.8 Å². The summed E-state index contributed by atoms with van der Waals surface area (Å²) in [6.45, 7) is 3.24. The Hall–Kier alpha value is -1.00. The van der Waals surface area contributed by atoms with Gasteiger partial charge in [-0.1, -0.05) is 0 Å². The van der Waals surface area contributed by atoms with Crippen molar-refractivity contribution in [1.29, 1.82) is 0 Å². The van der Waals surface area contributed by atoms with E-state index in [-0.39, 0.29) is 0 Å². The Morgan fingerprint density at radius 2 is 2.00 bits per heavy atom. The minimum atomic E-state index is 0.358. The number of aromatic nitrogens is 2. The predicted molar refractivity (Wildman–Crippen MR) is 69.2 cm³/mol. The van der Waals surface area contributed by atoms with Crippen LogP contribution in [-0.4, -0.2) is 35.8 Å². The summed E-state index contributed by atoms with van der Waals surface area (Å²) in [5.41, 5.74) is 1.65. The molecule has 1 unspecified atom stereocenters. The zero-order valence-corrected chi connectivity index (χ0v) is 10.8. The van der Waals surface area contributed by atoms with Crippen molar-refractivity contribution in [3.63, 3.8) is 0 Å². The Morgan fingerprint density at radius 1 is 1.22 bits per heavy atom. The number of hydrogen-bond acceptors (Lipinski definition) is 4. The topological polar surface area (TPSA) is 47.0 Å². The monoisotopic (exact) mass is 247 g/mol. The van der Waals surface area contributed by atoms with Crippen molar-refractivity contribution in [2.45, 2.75) is 38.2 Å². The van der Waals surface area contributed by atoms with Gasteiger partial charge in [0, 0.05) is 18.8 Å². The van der Waals surface area contributed by atoms with Gasteiger partial charge in [0.15, 0.2) is 0 Å². The molecule has 3 rings (SSSR count). The van der Waals surface area contributed by atoms with E-state index in [1.165, 1.54) is 31.2 Å². The summed E-state index contributed by atoms with van der Waals surface area (Å²) < 4.78 is 6.09. The minimum absolute atomic E-state index is 0.358. The minimum Gasteiger partial charge on any atom is -0.377 e. The van der Waals surface area contributed by atoms with Gasteiger partial charge in [-0.2, -0.15) is 0 Å². The smallest absolute Gasteiger partial charge is 0.115 e. The summed E-state index contributed by atoms with van der Waals surface area (Å²) in [6.07, 6.45) is 11.7. The second kappa shape index (κ2) is 5.33. The van der Waals surface area contributed by atoms with E-state index in [4.69, 9.17) is 4.74 Å². The standard InChI is InChI=1S/C14H21N3O/c1-2-14(3-5-15-6-4-14)10-18-13(1)7-12-8-16-11-17-9-12/h8-9,11,13,15H,1-7,10H2. The van der Waals surface area contributed by atoms with Crippen LogP contribution in [0, 0.1) is 5.41 Å². The third-order valence-electron chi connectivity index (χ3n) is 4.36. The Balaban J connectivity index is 1.54. The van der Waals surface area contributed by atoms with Gasteiger partial charge in [-0.15, -0.1) is 0 Å². The van der Waals surface area contributed by atoms with Gasteiger partial charge in [0.05, 0.1) is 12.7 Å². The van der Waals surface area contributed by atoms with Gasteiger partial charge in [-0.3, -0.25) is 0 Å². The maximum atomic E-state index is 6.09. The SMILES string of the molecule is c1ncc(CC2CCC3(CCNCC3)CO2)cn1. The number of nitrogens with one attached hydrogen (secondary N) is 1. The summed E-state index contributed by atoms with van der Waals surface area (Å²) in [4.78, 5) is 8.12. The molecule has 2 fully saturated rings. The van der Waals surface area contributed by atoms with Crippen LogP contribution in [0.2, 0.25) is 0 Å². The Labute approximate surface area is 108 Å². The summed E-state index contributed by atoms with van der Waals surface area (Å²) in [5.74, 6) is 0. The molecule has 0 radical (unpaired) electrons. The summed E-state index contributed by atoms with van der Waals surface area (Å²) >= 11 is 0. The van der Waals surface area contributed by atoms with Crippen molar-refractivity contribution in [2.75, 3.05) is 19.7 Å². The lowest BCUT2D eigenvalue weighted by Gasteiger charge is -2.43. The molecule has 0 amide bonds. The van der Waals surface area contributed by atoms with E-state index in [2.05, 4.69) is 15.3 Å². The van der Waals surface area contributed by atoms with Crippen molar-refractivity contribution < 1.29 is 4.74 Å². The molecular weight excluding hydrogens is 226 g/mol. The Kier molecular flexibility index (Phi) is 3.57. The molecule has 0 aromatic carbocycles. The maximum absolute atomic E-state index is 6.09. The zero-order chi connectivity index (χ0) is 12.3. The zero-order valence-electron chi connectivity index (χ0n) is 10.8. The third kappa shape index (κ3) is 2.70. The highest BCUT2D eigenvalue weighted by atomic mass is 16.5. The van der Waals surface area contributed by atoms with E-state index in [1.807, 2.05) is 12.4 Å². The lowest BCUT2D eigenvalue weighted by atomic mass is 9.73. The quantitative estimate of drug-likeness (QED) is 0.861. The molecule has 1 spiro atoms. The van der Waals surface area contributed by atoms with Crippen LogP contribution >= 0.6 is 0 Å². The number of rotatable bonds is 2. The molecule has 98 valence electrons. The van der Waals surface area contributed by atoms with E-state index in [1.54, 1.807) is 6.33 Å². The Bertz CT molecular complexity index is 366. The van der Waals surface area contributed by atoms with Crippen molar-refractivity contribution in [1.82, 2.24) is 15.3 Å². The number of nitrogens with zero attached hydrogens (tertiary/aromatic N) is 2. The van der Waals surface area contributed by atoms with Gasteiger partial charge in [0.1, 0.15) is 6.33 Å². The first-order valence-electron chi connectivity index (χ1n) is 6.93.